The molecule has 0 bridgehead atoms. The highest BCUT2D eigenvalue weighted by Gasteiger charge is 2.30. The number of fused-ring (bicyclic) bond motifs is 1. The van der Waals surface area contributed by atoms with Crippen LogP contribution in [0.25, 0.3) is 22.4 Å². The molecule has 1 heterocycles. The fourth-order valence-corrected chi connectivity index (χ4v) is 2.37. The molecular weight excluding hydrogens is 324 g/mol. The second-order valence-electron chi connectivity index (χ2n) is 4.44. The Morgan fingerprint density at radius 1 is 1.00 bits per heavy atom. The van der Waals surface area contributed by atoms with Gasteiger partial charge in [-0.15, -0.1) is 0 Å². The maximum absolute atomic E-state index is 12.7. The van der Waals surface area contributed by atoms with Gasteiger partial charge in [0, 0.05) is 10.6 Å². The molecule has 7 heteroatoms. The summed E-state index contributed by atoms with van der Waals surface area (Å²) < 4.78 is 38.1. The smallest absolute Gasteiger partial charge is 0.338 e. The van der Waals surface area contributed by atoms with E-state index in [0.717, 1.165) is 12.1 Å². The van der Waals surface area contributed by atoms with Crippen LogP contribution in [0.15, 0.2) is 36.4 Å². The molecule has 3 aromatic rings. The quantitative estimate of drug-likeness (QED) is 0.622. The van der Waals surface area contributed by atoms with Crippen molar-refractivity contribution in [2.75, 3.05) is 0 Å². The van der Waals surface area contributed by atoms with Gasteiger partial charge in [0.05, 0.1) is 21.6 Å². The van der Waals surface area contributed by atoms with Crippen molar-refractivity contribution in [1.29, 1.82) is 0 Å². The molecule has 0 amide bonds. The first-order valence-corrected chi connectivity index (χ1v) is 6.62. The van der Waals surface area contributed by atoms with E-state index in [-0.39, 0.29) is 5.52 Å². The van der Waals surface area contributed by atoms with Gasteiger partial charge >= 0.3 is 6.18 Å². The number of H-pyrrole nitrogens is 1. The zero-order valence-electron chi connectivity index (χ0n) is 10.3. The molecule has 21 heavy (non-hydrogen) atoms. The lowest BCUT2D eigenvalue weighted by Gasteiger charge is -2.05. The van der Waals surface area contributed by atoms with Crippen molar-refractivity contribution in [2.24, 2.45) is 0 Å². The molecule has 0 aliphatic carbocycles. The van der Waals surface area contributed by atoms with Crippen molar-refractivity contribution < 1.29 is 13.2 Å². The highest BCUT2D eigenvalue weighted by atomic mass is 35.5. The molecule has 108 valence electrons. The minimum Gasteiger partial charge on any atom is -0.338 e. The first-order valence-electron chi connectivity index (χ1n) is 5.87. The molecule has 1 N–H and O–H groups in total. The predicted molar refractivity (Wildman–Crippen MR) is 76.6 cm³/mol. The zero-order valence-corrected chi connectivity index (χ0v) is 11.8. The first kappa shape index (κ1) is 14.2. The molecule has 0 atom stereocenters. The number of rotatable bonds is 1. The van der Waals surface area contributed by atoms with Gasteiger partial charge in [-0.3, -0.25) is 0 Å². The van der Waals surface area contributed by atoms with Gasteiger partial charge in [0.15, 0.2) is 0 Å². The van der Waals surface area contributed by atoms with Crippen molar-refractivity contribution >= 4 is 34.2 Å². The van der Waals surface area contributed by atoms with E-state index in [1.54, 1.807) is 18.2 Å². The topological polar surface area (TPSA) is 28.7 Å². The predicted octanol–water partition coefficient (Wildman–Crippen LogP) is 5.56. The Kier molecular flexibility index (Phi) is 3.34. The van der Waals surface area contributed by atoms with Crippen LogP contribution >= 0.6 is 23.2 Å². The molecular formula is C14H7Cl2F3N2. The highest BCUT2D eigenvalue weighted by Crippen LogP contribution is 2.33. The van der Waals surface area contributed by atoms with Crippen LogP contribution in [0.5, 0.6) is 0 Å². The van der Waals surface area contributed by atoms with E-state index in [1.807, 2.05) is 0 Å². The number of hydrogen-bond acceptors (Lipinski definition) is 1. The summed E-state index contributed by atoms with van der Waals surface area (Å²) in [6.07, 6.45) is -4.40. The third-order valence-electron chi connectivity index (χ3n) is 2.99. The number of aromatic amines is 1. The van der Waals surface area contributed by atoms with Crippen LogP contribution in [0.4, 0.5) is 13.2 Å². The van der Waals surface area contributed by atoms with Gasteiger partial charge in [0.25, 0.3) is 0 Å². The highest BCUT2D eigenvalue weighted by molar-refractivity contribution is 6.35. The van der Waals surface area contributed by atoms with E-state index in [9.17, 15) is 13.2 Å². The summed E-state index contributed by atoms with van der Waals surface area (Å²) in [7, 11) is 0. The van der Waals surface area contributed by atoms with Gasteiger partial charge in [-0.05, 0) is 36.4 Å². The normalized spacial score (nSPS) is 12.0. The number of nitrogens with one attached hydrogen (secondary N) is 1. The van der Waals surface area contributed by atoms with E-state index >= 15 is 0 Å². The number of benzene rings is 2. The van der Waals surface area contributed by atoms with Crippen LogP contribution in [0.2, 0.25) is 10.0 Å². The lowest BCUT2D eigenvalue weighted by molar-refractivity contribution is -0.137. The lowest BCUT2D eigenvalue weighted by atomic mass is 10.2. The molecule has 0 saturated carbocycles. The summed E-state index contributed by atoms with van der Waals surface area (Å²) in [5.41, 5.74) is 0.515. The van der Waals surface area contributed by atoms with Crippen molar-refractivity contribution in [3.8, 4) is 11.4 Å². The van der Waals surface area contributed by atoms with E-state index in [1.165, 1.54) is 6.07 Å². The van der Waals surface area contributed by atoms with Gasteiger partial charge in [-0.25, -0.2) is 4.98 Å². The van der Waals surface area contributed by atoms with Crippen molar-refractivity contribution in [1.82, 2.24) is 9.97 Å². The van der Waals surface area contributed by atoms with Gasteiger partial charge in [0.2, 0.25) is 0 Å². The third-order valence-corrected chi connectivity index (χ3v) is 3.56. The monoisotopic (exact) mass is 330 g/mol. The van der Waals surface area contributed by atoms with Gasteiger partial charge in [-0.2, -0.15) is 13.2 Å². The summed E-state index contributed by atoms with van der Waals surface area (Å²) in [6.45, 7) is 0. The van der Waals surface area contributed by atoms with Gasteiger partial charge < -0.3 is 4.98 Å². The summed E-state index contributed by atoms with van der Waals surface area (Å²) >= 11 is 12.0. The van der Waals surface area contributed by atoms with Crippen LogP contribution < -0.4 is 0 Å². The maximum atomic E-state index is 12.7. The van der Waals surface area contributed by atoms with Crippen LogP contribution in [0.3, 0.4) is 0 Å². The summed E-state index contributed by atoms with van der Waals surface area (Å²) in [5, 5.41) is 0.875. The molecule has 0 spiro atoms. The van der Waals surface area contributed by atoms with Crippen molar-refractivity contribution in [2.45, 2.75) is 6.18 Å². The SMILES string of the molecule is FC(F)(F)c1ccc2nc(-c3cc(Cl)ccc3Cl)[nH]c2c1. The zero-order chi connectivity index (χ0) is 15.2. The Labute approximate surface area is 127 Å². The van der Waals surface area contributed by atoms with Crippen LogP contribution in [-0.4, -0.2) is 9.97 Å². The van der Waals surface area contributed by atoms with Gasteiger partial charge in [0.1, 0.15) is 5.82 Å². The Morgan fingerprint density at radius 3 is 2.48 bits per heavy atom. The number of imidazole rings is 1. The standard InChI is InChI=1S/C14H7Cl2F3N2/c15-8-2-3-10(16)9(6-8)13-20-11-4-1-7(14(17,18)19)5-12(11)21-13/h1-6H,(H,20,21). The average molecular weight is 331 g/mol. The summed E-state index contributed by atoms with van der Waals surface area (Å²) in [4.78, 5) is 7.08. The first-order chi connectivity index (χ1) is 9.84. The Balaban J connectivity index is 2.15. The molecule has 0 radical (unpaired) electrons. The fraction of sp³-hybridized carbons (Fsp3) is 0.0714. The minimum atomic E-state index is -4.40. The second kappa shape index (κ2) is 4.93. The van der Waals surface area contributed by atoms with Gasteiger partial charge in [-0.1, -0.05) is 23.2 Å². The Morgan fingerprint density at radius 2 is 1.76 bits per heavy atom. The molecule has 1 aromatic heterocycles. The number of alkyl halides is 3. The molecule has 0 aliphatic heterocycles. The van der Waals surface area contributed by atoms with E-state index < -0.39 is 11.7 Å². The fourth-order valence-electron chi connectivity index (χ4n) is 1.99. The van der Waals surface area contributed by atoms with Crippen LogP contribution in [-0.2, 0) is 6.18 Å². The molecule has 2 nitrogen and oxygen atoms in total. The molecule has 3 rings (SSSR count). The Hall–Kier alpha value is -1.72. The van der Waals surface area contributed by atoms with E-state index in [0.29, 0.717) is 26.9 Å². The molecule has 0 saturated heterocycles. The molecule has 0 fully saturated rings. The molecule has 0 unspecified atom stereocenters. The Bertz CT molecular complexity index is 825. The number of nitrogens with zero attached hydrogens (tertiary/aromatic N) is 1. The van der Waals surface area contributed by atoms with Crippen LogP contribution in [0.1, 0.15) is 5.56 Å². The number of aromatic nitrogens is 2. The minimum absolute atomic E-state index is 0.288. The second-order valence-corrected chi connectivity index (χ2v) is 5.28. The molecule has 2 aromatic carbocycles. The van der Waals surface area contributed by atoms with Crippen molar-refractivity contribution in [3.63, 3.8) is 0 Å². The largest absolute Gasteiger partial charge is 0.416 e. The van der Waals surface area contributed by atoms with Crippen molar-refractivity contribution in [3.05, 3.63) is 52.0 Å². The summed E-state index contributed by atoms with van der Waals surface area (Å²) in [5.74, 6) is 0.372. The van der Waals surface area contributed by atoms with E-state index in [2.05, 4.69) is 9.97 Å². The summed E-state index contributed by atoms with van der Waals surface area (Å²) in [6, 6.07) is 8.16. The van der Waals surface area contributed by atoms with Crippen LogP contribution in [0, 0.1) is 0 Å². The number of hydrogen-bond donors (Lipinski definition) is 1. The lowest BCUT2D eigenvalue weighted by Crippen LogP contribution is -2.04. The molecule has 0 aliphatic rings. The van der Waals surface area contributed by atoms with E-state index in [4.69, 9.17) is 23.2 Å². The average Bonchev–Trinajstić information content (AvgIpc) is 2.83. The third kappa shape index (κ3) is 2.71. The number of halogens is 5. The maximum Gasteiger partial charge on any atom is 0.416 e.